The summed E-state index contributed by atoms with van der Waals surface area (Å²) in [6.45, 7) is 4.46. The number of tetrazole rings is 1. The van der Waals surface area contributed by atoms with Gasteiger partial charge in [0, 0.05) is 16.9 Å². The van der Waals surface area contributed by atoms with Crippen molar-refractivity contribution in [2.24, 2.45) is 5.92 Å². The summed E-state index contributed by atoms with van der Waals surface area (Å²) in [4.78, 5) is 4.14. The maximum absolute atomic E-state index is 4.40. The molecule has 0 aliphatic heterocycles. The van der Waals surface area contributed by atoms with Gasteiger partial charge in [-0.25, -0.2) is 9.67 Å². The Labute approximate surface area is 169 Å². The highest BCUT2D eigenvalue weighted by Gasteiger charge is 2.23. The van der Waals surface area contributed by atoms with Gasteiger partial charge < -0.3 is 5.32 Å². The van der Waals surface area contributed by atoms with Gasteiger partial charge in [0.25, 0.3) is 0 Å². The fraction of sp³-hybridized carbons (Fsp3) is 0.286. The molecule has 2 heterocycles. The average Bonchev–Trinajstić information content (AvgIpc) is 3.48. The molecule has 0 aliphatic carbocycles. The van der Waals surface area contributed by atoms with Gasteiger partial charge in [0.2, 0.25) is 5.82 Å². The maximum Gasteiger partial charge on any atom is 0.204 e. The van der Waals surface area contributed by atoms with E-state index in [-0.39, 0.29) is 6.04 Å². The first kappa shape index (κ1) is 18.8. The zero-order chi connectivity index (χ0) is 20.1. The quantitative estimate of drug-likeness (QED) is 0.469. The standard InChI is InChI=1S/C21H24N8/c1-3-15(4-2)20(29-14-22-13-23-29)16-5-9-18(10-6-16)24-19-11-7-17(8-12-19)21-25-27-28-26-21/h5-15,20,24H,3-4H2,1-2H3,(H,25,26,27,28). The Morgan fingerprint density at radius 3 is 2.21 bits per heavy atom. The van der Waals surface area contributed by atoms with Crippen molar-refractivity contribution in [3.8, 4) is 11.4 Å². The molecule has 0 bridgehead atoms. The van der Waals surface area contributed by atoms with Crippen LogP contribution < -0.4 is 5.32 Å². The van der Waals surface area contributed by atoms with Crippen molar-refractivity contribution in [1.29, 1.82) is 0 Å². The molecule has 0 saturated carbocycles. The van der Waals surface area contributed by atoms with Gasteiger partial charge in [-0.1, -0.05) is 38.8 Å². The summed E-state index contributed by atoms with van der Waals surface area (Å²) >= 11 is 0. The molecule has 2 aromatic carbocycles. The Morgan fingerprint density at radius 1 is 0.966 bits per heavy atom. The van der Waals surface area contributed by atoms with E-state index in [0.717, 1.165) is 29.8 Å². The largest absolute Gasteiger partial charge is 0.356 e. The first-order valence-corrected chi connectivity index (χ1v) is 9.83. The molecule has 1 unspecified atom stereocenters. The molecule has 2 N–H and O–H groups in total. The molecule has 0 aliphatic rings. The number of nitrogens with one attached hydrogen (secondary N) is 2. The molecule has 4 rings (SSSR count). The second-order valence-corrected chi connectivity index (χ2v) is 6.96. The number of hydrogen-bond acceptors (Lipinski definition) is 6. The number of H-pyrrole nitrogens is 1. The van der Waals surface area contributed by atoms with Gasteiger partial charge in [0.15, 0.2) is 0 Å². The number of nitrogens with zero attached hydrogens (tertiary/aromatic N) is 6. The zero-order valence-electron chi connectivity index (χ0n) is 16.5. The second kappa shape index (κ2) is 8.64. The molecule has 8 nitrogen and oxygen atoms in total. The predicted octanol–water partition coefficient (Wildman–Crippen LogP) is 4.23. The van der Waals surface area contributed by atoms with Gasteiger partial charge in [-0.2, -0.15) is 10.3 Å². The molecule has 4 aromatic rings. The van der Waals surface area contributed by atoms with Gasteiger partial charge in [-0.3, -0.25) is 0 Å². The summed E-state index contributed by atoms with van der Waals surface area (Å²) in [7, 11) is 0. The van der Waals surface area contributed by atoms with Crippen molar-refractivity contribution >= 4 is 11.4 Å². The molecule has 29 heavy (non-hydrogen) atoms. The smallest absolute Gasteiger partial charge is 0.204 e. The molecule has 0 fully saturated rings. The molecular weight excluding hydrogens is 364 g/mol. The van der Waals surface area contributed by atoms with Crippen molar-refractivity contribution in [2.45, 2.75) is 32.7 Å². The Hall–Kier alpha value is -3.55. The topological polar surface area (TPSA) is 97.2 Å². The molecule has 0 radical (unpaired) electrons. The molecule has 8 heteroatoms. The molecule has 0 saturated heterocycles. The fourth-order valence-corrected chi connectivity index (χ4v) is 3.65. The highest BCUT2D eigenvalue weighted by molar-refractivity contribution is 5.64. The van der Waals surface area contributed by atoms with E-state index < -0.39 is 0 Å². The third kappa shape index (κ3) is 4.16. The summed E-state index contributed by atoms with van der Waals surface area (Å²) < 4.78 is 1.97. The maximum atomic E-state index is 4.40. The molecule has 2 aromatic heterocycles. The van der Waals surface area contributed by atoms with Crippen LogP contribution in [0, 0.1) is 5.92 Å². The van der Waals surface area contributed by atoms with Crippen LogP contribution in [-0.2, 0) is 0 Å². The number of aromatic amines is 1. The Morgan fingerprint density at radius 2 is 1.66 bits per heavy atom. The number of anilines is 2. The van der Waals surface area contributed by atoms with E-state index in [1.807, 2.05) is 28.9 Å². The number of rotatable bonds is 8. The monoisotopic (exact) mass is 388 g/mol. The minimum absolute atomic E-state index is 0.191. The fourth-order valence-electron chi connectivity index (χ4n) is 3.65. The summed E-state index contributed by atoms with van der Waals surface area (Å²) in [5.74, 6) is 1.09. The van der Waals surface area contributed by atoms with Crippen LogP contribution in [0.5, 0.6) is 0 Å². The van der Waals surface area contributed by atoms with E-state index in [9.17, 15) is 0 Å². The van der Waals surface area contributed by atoms with Gasteiger partial charge in [0.05, 0.1) is 6.04 Å². The van der Waals surface area contributed by atoms with Crippen LogP contribution in [-0.4, -0.2) is 35.4 Å². The van der Waals surface area contributed by atoms with Crippen LogP contribution in [0.2, 0.25) is 0 Å². The lowest BCUT2D eigenvalue weighted by atomic mass is 9.89. The second-order valence-electron chi connectivity index (χ2n) is 6.96. The molecular formula is C21H24N8. The van der Waals surface area contributed by atoms with Gasteiger partial charge in [-0.05, 0) is 53.1 Å². The lowest BCUT2D eigenvalue weighted by Crippen LogP contribution is -2.20. The SMILES string of the molecule is CCC(CC)C(c1ccc(Nc2ccc(-c3nn[nH]n3)cc2)cc1)n1cncn1. The van der Waals surface area contributed by atoms with E-state index in [1.54, 1.807) is 12.7 Å². The molecule has 0 spiro atoms. The Balaban J connectivity index is 1.51. The first-order valence-electron chi connectivity index (χ1n) is 9.83. The Kier molecular flexibility index (Phi) is 5.60. The van der Waals surface area contributed by atoms with Gasteiger partial charge in [0.1, 0.15) is 12.7 Å². The number of benzene rings is 2. The van der Waals surface area contributed by atoms with Crippen LogP contribution in [0.3, 0.4) is 0 Å². The van der Waals surface area contributed by atoms with Crippen LogP contribution >= 0.6 is 0 Å². The van der Waals surface area contributed by atoms with Crippen molar-refractivity contribution < 1.29 is 0 Å². The lowest BCUT2D eigenvalue weighted by molar-refractivity contribution is 0.332. The first-order chi connectivity index (χ1) is 14.3. The van der Waals surface area contributed by atoms with E-state index in [2.05, 4.69) is 74.1 Å². The Bertz CT molecular complexity index is 988. The molecule has 148 valence electrons. The zero-order valence-corrected chi connectivity index (χ0v) is 16.5. The van der Waals surface area contributed by atoms with Crippen LogP contribution in [0.25, 0.3) is 11.4 Å². The van der Waals surface area contributed by atoms with Crippen molar-refractivity contribution in [2.75, 3.05) is 5.32 Å². The summed E-state index contributed by atoms with van der Waals surface area (Å²) in [5.41, 5.74) is 4.18. The van der Waals surface area contributed by atoms with Crippen LogP contribution in [0.1, 0.15) is 38.3 Å². The number of hydrogen-bond donors (Lipinski definition) is 2. The highest BCUT2D eigenvalue weighted by atomic mass is 15.5. The minimum Gasteiger partial charge on any atom is -0.356 e. The van der Waals surface area contributed by atoms with Crippen molar-refractivity contribution in [1.82, 2.24) is 35.4 Å². The van der Waals surface area contributed by atoms with Gasteiger partial charge in [-0.15, -0.1) is 10.2 Å². The third-order valence-electron chi connectivity index (χ3n) is 5.25. The van der Waals surface area contributed by atoms with E-state index in [4.69, 9.17) is 0 Å². The summed E-state index contributed by atoms with van der Waals surface area (Å²) in [6, 6.07) is 16.7. The highest BCUT2D eigenvalue weighted by Crippen LogP contribution is 2.31. The normalized spacial score (nSPS) is 12.2. The van der Waals surface area contributed by atoms with Crippen LogP contribution in [0.4, 0.5) is 11.4 Å². The third-order valence-corrected chi connectivity index (χ3v) is 5.25. The van der Waals surface area contributed by atoms with Crippen LogP contribution in [0.15, 0.2) is 61.2 Å². The van der Waals surface area contributed by atoms with Crippen molar-refractivity contribution in [3.63, 3.8) is 0 Å². The summed E-state index contributed by atoms with van der Waals surface area (Å²) in [6.07, 6.45) is 5.59. The van der Waals surface area contributed by atoms with E-state index >= 15 is 0 Å². The van der Waals surface area contributed by atoms with Crippen molar-refractivity contribution in [3.05, 3.63) is 66.7 Å². The van der Waals surface area contributed by atoms with E-state index in [0.29, 0.717) is 11.7 Å². The lowest BCUT2D eigenvalue weighted by Gasteiger charge is -2.26. The average molecular weight is 388 g/mol. The minimum atomic E-state index is 0.191. The molecule has 1 atom stereocenters. The van der Waals surface area contributed by atoms with E-state index in [1.165, 1.54) is 5.56 Å². The van der Waals surface area contributed by atoms with Gasteiger partial charge >= 0.3 is 0 Å². The number of aromatic nitrogens is 7. The summed E-state index contributed by atoms with van der Waals surface area (Å²) in [5, 5.41) is 21.9. The molecule has 0 amide bonds. The predicted molar refractivity (Wildman–Crippen MR) is 112 cm³/mol.